The lowest BCUT2D eigenvalue weighted by Gasteiger charge is -2.04. The Morgan fingerprint density at radius 3 is 2.87 bits per heavy atom. The molecule has 3 heteroatoms. The van der Waals surface area contributed by atoms with E-state index in [0.717, 1.165) is 5.56 Å². The number of aryl methyl sites for hydroxylation is 1. The monoisotopic (exact) mass is 202 g/mol. The summed E-state index contributed by atoms with van der Waals surface area (Å²) in [5.41, 5.74) is 7.87. The first-order valence-corrected chi connectivity index (χ1v) is 4.69. The van der Waals surface area contributed by atoms with Crippen LogP contribution in [0.2, 0.25) is 0 Å². The maximum atomic E-state index is 11.6. The molecule has 0 radical (unpaired) electrons. The SMILES string of the molecule is CC#CCNC(=O)c1ccc(N)c(C)c1. The van der Waals surface area contributed by atoms with Crippen molar-refractivity contribution in [1.29, 1.82) is 0 Å². The smallest absolute Gasteiger partial charge is 0.252 e. The lowest BCUT2D eigenvalue weighted by Crippen LogP contribution is -2.23. The number of carbonyl (C=O) groups excluding carboxylic acids is 1. The highest BCUT2D eigenvalue weighted by molar-refractivity contribution is 5.94. The quantitative estimate of drug-likeness (QED) is 0.561. The third-order valence-corrected chi connectivity index (χ3v) is 2.05. The first kappa shape index (κ1) is 11.1. The first-order chi connectivity index (χ1) is 7.15. The summed E-state index contributed by atoms with van der Waals surface area (Å²) >= 11 is 0. The molecule has 1 aromatic rings. The van der Waals surface area contributed by atoms with Crippen molar-refractivity contribution < 1.29 is 4.79 Å². The van der Waals surface area contributed by atoms with Gasteiger partial charge in [-0.15, -0.1) is 5.92 Å². The molecule has 0 heterocycles. The maximum absolute atomic E-state index is 11.6. The van der Waals surface area contributed by atoms with E-state index < -0.39 is 0 Å². The van der Waals surface area contributed by atoms with Crippen molar-refractivity contribution in [1.82, 2.24) is 5.32 Å². The lowest BCUT2D eigenvalue weighted by atomic mass is 10.1. The first-order valence-electron chi connectivity index (χ1n) is 4.69. The molecule has 0 spiro atoms. The second-order valence-electron chi connectivity index (χ2n) is 3.18. The van der Waals surface area contributed by atoms with Gasteiger partial charge in [0.25, 0.3) is 5.91 Å². The van der Waals surface area contributed by atoms with Crippen LogP contribution in [0, 0.1) is 18.8 Å². The number of benzene rings is 1. The third-order valence-electron chi connectivity index (χ3n) is 2.05. The number of rotatable bonds is 2. The summed E-state index contributed by atoms with van der Waals surface area (Å²) in [6.45, 7) is 3.98. The Morgan fingerprint density at radius 1 is 1.53 bits per heavy atom. The van der Waals surface area contributed by atoms with E-state index in [9.17, 15) is 4.79 Å². The van der Waals surface area contributed by atoms with Gasteiger partial charge in [0.15, 0.2) is 0 Å². The molecule has 0 unspecified atom stereocenters. The maximum Gasteiger partial charge on any atom is 0.252 e. The zero-order chi connectivity index (χ0) is 11.3. The number of carbonyl (C=O) groups is 1. The van der Waals surface area contributed by atoms with E-state index in [4.69, 9.17) is 5.73 Å². The van der Waals surface area contributed by atoms with E-state index >= 15 is 0 Å². The molecule has 0 fully saturated rings. The zero-order valence-electron chi connectivity index (χ0n) is 8.92. The predicted molar refractivity (Wildman–Crippen MR) is 61.4 cm³/mol. The van der Waals surface area contributed by atoms with Crippen LogP contribution in [-0.2, 0) is 0 Å². The average molecular weight is 202 g/mol. The summed E-state index contributed by atoms with van der Waals surface area (Å²) in [7, 11) is 0. The number of amides is 1. The molecule has 3 N–H and O–H groups in total. The molecule has 1 aromatic carbocycles. The average Bonchev–Trinajstić information content (AvgIpc) is 2.22. The topological polar surface area (TPSA) is 55.1 Å². The Kier molecular flexibility index (Phi) is 3.75. The molecular formula is C12H14N2O. The van der Waals surface area contributed by atoms with Gasteiger partial charge in [-0.05, 0) is 37.6 Å². The summed E-state index contributed by atoms with van der Waals surface area (Å²) in [5, 5.41) is 2.69. The highest BCUT2D eigenvalue weighted by atomic mass is 16.1. The molecule has 15 heavy (non-hydrogen) atoms. The Hall–Kier alpha value is -1.95. The van der Waals surface area contributed by atoms with Crippen LogP contribution in [0.15, 0.2) is 18.2 Å². The Morgan fingerprint density at radius 2 is 2.27 bits per heavy atom. The minimum absolute atomic E-state index is 0.124. The van der Waals surface area contributed by atoms with Gasteiger partial charge in [-0.3, -0.25) is 4.79 Å². The molecule has 0 aliphatic rings. The van der Waals surface area contributed by atoms with E-state index in [1.807, 2.05) is 6.92 Å². The molecule has 1 amide bonds. The molecule has 0 atom stereocenters. The molecule has 0 bridgehead atoms. The van der Waals surface area contributed by atoms with Crippen molar-refractivity contribution in [3.8, 4) is 11.8 Å². The van der Waals surface area contributed by atoms with Crippen LogP contribution in [0.4, 0.5) is 5.69 Å². The molecule has 1 rings (SSSR count). The second-order valence-corrected chi connectivity index (χ2v) is 3.18. The van der Waals surface area contributed by atoms with Gasteiger partial charge in [0.05, 0.1) is 6.54 Å². The van der Waals surface area contributed by atoms with Crippen molar-refractivity contribution in [3.63, 3.8) is 0 Å². The number of nitrogens with two attached hydrogens (primary N) is 1. The molecule has 0 aliphatic carbocycles. The summed E-state index contributed by atoms with van der Waals surface area (Å²) < 4.78 is 0. The van der Waals surface area contributed by atoms with Gasteiger partial charge in [0, 0.05) is 11.3 Å². The van der Waals surface area contributed by atoms with E-state index in [1.165, 1.54) is 0 Å². The van der Waals surface area contributed by atoms with Gasteiger partial charge in [0.2, 0.25) is 0 Å². The van der Waals surface area contributed by atoms with E-state index in [0.29, 0.717) is 17.8 Å². The largest absolute Gasteiger partial charge is 0.399 e. The van der Waals surface area contributed by atoms with E-state index in [2.05, 4.69) is 17.2 Å². The fourth-order valence-electron chi connectivity index (χ4n) is 1.13. The molecule has 0 aromatic heterocycles. The highest BCUT2D eigenvalue weighted by Gasteiger charge is 2.04. The molecule has 0 saturated carbocycles. The van der Waals surface area contributed by atoms with Crippen molar-refractivity contribution in [2.45, 2.75) is 13.8 Å². The molecule has 3 nitrogen and oxygen atoms in total. The minimum atomic E-state index is -0.124. The van der Waals surface area contributed by atoms with Crippen LogP contribution in [0.1, 0.15) is 22.8 Å². The third kappa shape index (κ3) is 3.03. The summed E-state index contributed by atoms with van der Waals surface area (Å²) in [4.78, 5) is 11.6. The van der Waals surface area contributed by atoms with Crippen LogP contribution in [0.5, 0.6) is 0 Å². The van der Waals surface area contributed by atoms with E-state index in [-0.39, 0.29) is 5.91 Å². The van der Waals surface area contributed by atoms with Crippen molar-refractivity contribution >= 4 is 11.6 Å². The second kappa shape index (κ2) is 5.06. The standard InChI is InChI=1S/C12H14N2O/c1-3-4-7-14-12(15)10-5-6-11(13)9(2)8-10/h5-6,8H,7,13H2,1-2H3,(H,14,15). The highest BCUT2D eigenvalue weighted by Crippen LogP contribution is 2.12. The normalized spacial score (nSPS) is 8.93. The summed E-state index contributed by atoms with van der Waals surface area (Å²) in [5.74, 6) is 5.35. The minimum Gasteiger partial charge on any atom is -0.399 e. The van der Waals surface area contributed by atoms with Gasteiger partial charge in [-0.2, -0.15) is 0 Å². The Bertz CT molecular complexity index is 427. The number of anilines is 1. The van der Waals surface area contributed by atoms with Crippen LogP contribution >= 0.6 is 0 Å². The molecule has 78 valence electrons. The summed E-state index contributed by atoms with van der Waals surface area (Å²) in [6.07, 6.45) is 0. The fourth-order valence-corrected chi connectivity index (χ4v) is 1.13. The van der Waals surface area contributed by atoms with Gasteiger partial charge in [-0.1, -0.05) is 5.92 Å². The Balaban J connectivity index is 2.72. The van der Waals surface area contributed by atoms with Gasteiger partial charge < -0.3 is 11.1 Å². The molecule has 0 aliphatic heterocycles. The Labute approximate surface area is 89.7 Å². The van der Waals surface area contributed by atoms with Gasteiger partial charge in [-0.25, -0.2) is 0 Å². The van der Waals surface area contributed by atoms with Gasteiger partial charge in [0.1, 0.15) is 0 Å². The lowest BCUT2D eigenvalue weighted by molar-refractivity contribution is 0.0958. The van der Waals surface area contributed by atoms with Crippen molar-refractivity contribution in [2.24, 2.45) is 0 Å². The number of nitrogens with one attached hydrogen (secondary N) is 1. The van der Waals surface area contributed by atoms with Crippen LogP contribution in [0.25, 0.3) is 0 Å². The van der Waals surface area contributed by atoms with Crippen LogP contribution in [-0.4, -0.2) is 12.5 Å². The van der Waals surface area contributed by atoms with Crippen molar-refractivity contribution in [3.05, 3.63) is 29.3 Å². The van der Waals surface area contributed by atoms with Crippen LogP contribution in [0.3, 0.4) is 0 Å². The fraction of sp³-hybridized carbons (Fsp3) is 0.250. The number of hydrogen-bond donors (Lipinski definition) is 2. The predicted octanol–water partition coefficient (Wildman–Crippen LogP) is 1.33. The van der Waals surface area contributed by atoms with E-state index in [1.54, 1.807) is 25.1 Å². The number of hydrogen-bond acceptors (Lipinski definition) is 2. The molecular weight excluding hydrogens is 188 g/mol. The molecule has 0 saturated heterocycles. The van der Waals surface area contributed by atoms with Crippen LogP contribution < -0.4 is 11.1 Å². The summed E-state index contributed by atoms with van der Waals surface area (Å²) in [6, 6.07) is 5.21. The van der Waals surface area contributed by atoms with Gasteiger partial charge >= 0.3 is 0 Å². The zero-order valence-corrected chi connectivity index (χ0v) is 8.92. The van der Waals surface area contributed by atoms with Crippen molar-refractivity contribution in [2.75, 3.05) is 12.3 Å². The number of nitrogen functional groups attached to an aromatic ring is 1.